The first-order valence-electron chi connectivity index (χ1n) is 2.31. The third-order valence-electron chi connectivity index (χ3n) is 0.903. The van der Waals surface area contributed by atoms with E-state index in [1.165, 1.54) is 12.3 Å². The van der Waals surface area contributed by atoms with Gasteiger partial charge in [-0.15, -0.1) is 0 Å². The molecule has 0 amide bonds. The second-order valence-corrected chi connectivity index (χ2v) is 1.58. The molecule has 1 rings (SSSR count). The molecule has 5 heteroatoms. The molecule has 1 heterocycles. The average Bonchev–Trinajstić information content (AvgIpc) is 2.08. The van der Waals surface area contributed by atoms with Gasteiger partial charge in [0.15, 0.2) is 0 Å². The molecule has 0 aromatic carbocycles. The van der Waals surface area contributed by atoms with Crippen molar-refractivity contribution in [2.45, 2.75) is 6.18 Å². The van der Waals surface area contributed by atoms with Crippen molar-refractivity contribution in [3.63, 3.8) is 0 Å². The summed E-state index contributed by atoms with van der Waals surface area (Å²) in [6.45, 7) is 0. The van der Waals surface area contributed by atoms with Gasteiger partial charge in [0.2, 0.25) is 0 Å². The fourth-order valence-electron chi connectivity index (χ4n) is 0.507. The number of hydrogen-bond donors (Lipinski definition) is 1. The van der Waals surface area contributed by atoms with Crippen molar-refractivity contribution in [2.24, 2.45) is 0 Å². The van der Waals surface area contributed by atoms with Crippen LogP contribution in [0.3, 0.4) is 0 Å². The minimum atomic E-state index is -4.23. The number of alkyl halides is 3. The van der Waals surface area contributed by atoms with Crippen LogP contribution in [-0.2, 0) is 6.18 Å². The normalized spacial score (nSPS) is 10.7. The van der Waals surface area contributed by atoms with Gasteiger partial charge in [-0.2, -0.15) is 13.2 Å². The van der Waals surface area contributed by atoms with Crippen molar-refractivity contribution in [3.8, 4) is 0 Å². The zero-order chi connectivity index (χ0) is 6.91. The molecule has 10 heavy (non-hydrogen) atoms. The summed E-state index contributed by atoms with van der Waals surface area (Å²) < 4.78 is 34.8. The summed E-state index contributed by atoms with van der Waals surface area (Å²) in [5.74, 6) is 0. The van der Waals surface area contributed by atoms with Crippen LogP contribution < -0.4 is 29.6 Å². The van der Waals surface area contributed by atoms with E-state index in [9.17, 15) is 13.2 Å². The molecule has 0 atom stereocenters. The Labute approximate surface area is 79.4 Å². The monoisotopic (exact) mass is 159 g/mol. The van der Waals surface area contributed by atoms with Gasteiger partial charge in [-0.05, 0) is 12.1 Å². The third-order valence-corrected chi connectivity index (χ3v) is 0.903. The van der Waals surface area contributed by atoms with Crippen LogP contribution in [0.15, 0.2) is 18.3 Å². The number of halogens is 3. The fraction of sp³-hybridized carbons (Fsp3) is 0.200. The van der Waals surface area contributed by atoms with E-state index in [0.717, 1.165) is 6.07 Å². The summed E-state index contributed by atoms with van der Waals surface area (Å²) in [5.41, 5.74) is -0.706. The first-order valence-corrected chi connectivity index (χ1v) is 2.31. The Balaban J connectivity index is 0. The van der Waals surface area contributed by atoms with Crippen LogP contribution in [0, 0.1) is 0 Å². The largest absolute Gasteiger partial charge is 1.00 e. The van der Waals surface area contributed by atoms with Crippen molar-refractivity contribution >= 4 is 0 Å². The van der Waals surface area contributed by atoms with Crippen LogP contribution >= 0.6 is 0 Å². The maximum absolute atomic E-state index is 11.6. The van der Waals surface area contributed by atoms with E-state index in [2.05, 4.69) is 4.98 Å². The molecule has 0 spiro atoms. The zero-order valence-electron chi connectivity index (χ0n) is 6.37. The van der Waals surface area contributed by atoms with Crippen molar-refractivity contribution in [3.05, 3.63) is 24.0 Å². The molecular weight excluding hydrogens is 154 g/mol. The molecule has 0 saturated carbocycles. The zero-order valence-corrected chi connectivity index (χ0v) is 7.37. The smallest absolute Gasteiger partial charge is 1.00 e. The predicted molar refractivity (Wildman–Crippen MR) is 26.9 cm³/mol. The molecule has 1 aromatic heterocycles. The topological polar surface area (TPSA) is 15.8 Å². The number of hydrogen-bond acceptors (Lipinski definition) is 0. The van der Waals surface area contributed by atoms with Crippen LogP contribution in [0.25, 0.3) is 0 Å². The molecule has 0 radical (unpaired) electrons. The summed E-state index contributed by atoms with van der Waals surface area (Å²) in [6.07, 6.45) is -2.99. The van der Waals surface area contributed by atoms with Gasteiger partial charge < -0.3 is 6.41 Å². The maximum atomic E-state index is 11.6. The van der Waals surface area contributed by atoms with E-state index in [-0.39, 0.29) is 31.0 Å². The van der Waals surface area contributed by atoms with Gasteiger partial charge in [0.05, 0.1) is 0 Å². The minimum Gasteiger partial charge on any atom is -1.00 e. The van der Waals surface area contributed by atoms with Gasteiger partial charge in [-0.1, -0.05) is 0 Å². The first kappa shape index (κ1) is 10.1. The van der Waals surface area contributed by atoms with E-state index < -0.39 is 11.9 Å². The van der Waals surface area contributed by atoms with Gasteiger partial charge in [-0.25, -0.2) is 0 Å². The number of nitrogens with one attached hydrogen (secondary N) is 1. The number of rotatable bonds is 0. The molecule has 0 aliphatic heterocycles. The number of aromatic amines is 1. The van der Waals surface area contributed by atoms with E-state index in [1.54, 1.807) is 0 Å². The van der Waals surface area contributed by atoms with Gasteiger partial charge in [0.1, 0.15) is 5.69 Å². The van der Waals surface area contributed by atoms with Crippen molar-refractivity contribution in [1.82, 2.24) is 4.98 Å². The Hall–Kier alpha value is 0.0700. The fourth-order valence-corrected chi connectivity index (χ4v) is 0.507. The van der Waals surface area contributed by atoms with E-state index in [4.69, 9.17) is 0 Å². The van der Waals surface area contributed by atoms with E-state index in [0.29, 0.717) is 0 Å². The first-order chi connectivity index (χ1) is 4.11. The average molecular weight is 159 g/mol. The Morgan fingerprint density at radius 2 is 2.00 bits per heavy atom. The van der Waals surface area contributed by atoms with Crippen molar-refractivity contribution < 1.29 is 44.2 Å². The number of aromatic nitrogens is 1. The van der Waals surface area contributed by atoms with Crippen LogP contribution in [-0.4, -0.2) is 4.98 Å². The Morgan fingerprint density at radius 3 is 2.20 bits per heavy atom. The second kappa shape index (κ2) is 3.46. The SMILES string of the molecule is FC(F)(F)c1ccc[nH]1.[H-].[Na+]. The molecule has 1 nitrogen and oxygen atoms in total. The van der Waals surface area contributed by atoms with E-state index in [1.807, 2.05) is 0 Å². The summed E-state index contributed by atoms with van der Waals surface area (Å²) in [6, 6.07) is 2.29. The minimum absolute atomic E-state index is 0. The molecule has 0 aliphatic rings. The van der Waals surface area contributed by atoms with Crippen LogP contribution in [0.4, 0.5) is 13.2 Å². The second-order valence-electron chi connectivity index (χ2n) is 1.58. The summed E-state index contributed by atoms with van der Waals surface area (Å²) >= 11 is 0. The molecule has 0 unspecified atom stereocenters. The van der Waals surface area contributed by atoms with Gasteiger partial charge in [0.25, 0.3) is 0 Å². The molecule has 0 aliphatic carbocycles. The van der Waals surface area contributed by atoms with Gasteiger partial charge in [-0.3, -0.25) is 0 Å². The van der Waals surface area contributed by atoms with Crippen LogP contribution in [0.2, 0.25) is 0 Å². The summed E-state index contributed by atoms with van der Waals surface area (Å²) in [4.78, 5) is 2.05. The summed E-state index contributed by atoms with van der Waals surface area (Å²) in [5, 5.41) is 0. The number of H-pyrrole nitrogens is 1. The maximum Gasteiger partial charge on any atom is 1.00 e. The Kier molecular flexibility index (Phi) is 3.48. The third kappa shape index (κ3) is 2.36. The molecule has 52 valence electrons. The Morgan fingerprint density at radius 1 is 1.40 bits per heavy atom. The molecular formula is C5H5F3NNa. The van der Waals surface area contributed by atoms with E-state index >= 15 is 0 Å². The standard InChI is InChI=1S/C5H4F3N.Na.H/c6-5(7,8)4-2-1-3-9-4;;/h1-3,9H;;/q;+1;-1. The van der Waals surface area contributed by atoms with Crippen molar-refractivity contribution in [1.29, 1.82) is 0 Å². The molecule has 1 N–H and O–H groups in total. The quantitative estimate of drug-likeness (QED) is 0.474. The molecule has 0 bridgehead atoms. The van der Waals surface area contributed by atoms with Crippen LogP contribution in [0.5, 0.6) is 0 Å². The predicted octanol–water partition coefficient (Wildman–Crippen LogP) is -0.850. The molecule has 0 fully saturated rings. The van der Waals surface area contributed by atoms with Crippen molar-refractivity contribution in [2.75, 3.05) is 0 Å². The molecule has 1 aromatic rings. The van der Waals surface area contributed by atoms with Gasteiger partial charge >= 0.3 is 35.7 Å². The molecule has 0 saturated heterocycles. The van der Waals surface area contributed by atoms with Gasteiger partial charge in [0, 0.05) is 6.20 Å². The van der Waals surface area contributed by atoms with Crippen LogP contribution in [0.1, 0.15) is 7.12 Å². The Bertz CT molecular complexity index is 184. The summed E-state index contributed by atoms with van der Waals surface area (Å²) in [7, 11) is 0.